The van der Waals surface area contributed by atoms with Crippen molar-refractivity contribution in [2.75, 3.05) is 25.1 Å². The summed E-state index contributed by atoms with van der Waals surface area (Å²) in [7, 11) is 0. The zero-order chi connectivity index (χ0) is 13.5. The molecule has 2 rings (SSSR count). The number of aliphatic carboxylic acids is 1. The van der Waals surface area contributed by atoms with E-state index < -0.39 is 5.97 Å². The third kappa shape index (κ3) is 4.35. The number of carbonyl (C=O) groups is 1. The molecule has 1 heterocycles. The Morgan fingerprint density at radius 1 is 1.37 bits per heavy atom. The maximum absolute atomic E-state index is 10.2. The highest BCUT2D eigenvalue weighted by Crippen LogP contribution is 2.24. The zero-order valence-electron chi connectivity index (χ0n) is 10.2. The SMILES string of the molecule is O=C(O)COCCNc1nc(-c2ccccc2)cs1. The summed E-state index contributed by atoms with van der Waals surface area (Å²) >= 11 is 1.51. The number of benzene rings is 1. The van der Waals surface area contributed by atoms with Crippen LogP contribution in [0.15, 0.2) is 35.7 Å². The highest BCUT2D eigenvalue weighted by Gasteiger charge is 2.03. The molecule has 0 amide bonds. The number of thiazole rings is 1. The summed E-state index contributed by atoms with van der Waals surface area (Å²) < 4.78 is 4.92. The van der Waals surface area contributed by atoms with Gasteiger partial charge in [-0.25, -0.2) is 9.78 Å². The van der Waals surface area contributed by atoms with Crippen molar-refractivity contribution in [2.45, 2.75) is 0 Å². The quantitative estimate of drug-likeness (QED) is 0.761. The molecule has 0 saturated carbocycles. The molecule has 19 heavy (non-hydrogen) atoms. The number of nitrogens with one attached hydrogen (secondary N) is 1. The van der Waals surface area contributed by atoms with E-state index in [1.54, 1.807) is 0 Å². The molecular weight excluding hydrogens is 264 g/mol. The number of hydrogen-bond donors (Lipinski definition) is 2. The van der Waals surface area contributed by atoms with Gasteiger partial charge in [0.1, 0.15) is 6.61 Å². The third-order valence-electron chi connectivity index (χ3n) is 2.32. The van der Waals surface area contributed by atoms with Crippen molar-refractivity contribution in [1.82, 2.24) is 4.98 Å². The minimum atomic E-state index is -0.958. The Morgan fingerprint density at radius 3 is 2.89 bits per heavy atom. The van der Waals surface area contributed by atoms with E-state index in [4.69, 9.17) is 9.84 Å². The molecule has 100 valence electrons. The van der Waals surface area contributed by atoms with Crippen LogP contribution in [0.5, 0.6) is 0 Å². The van der Waals surface area contributed by atoms with Crippen LogP contribution in [0.3, 0.4) is 0 Å². The molecule has 0 fully saturated rings. The normalized spacial score (nSPS) is 10.3. The van der Waals surface area contributed by atoms with Crippen LogP contribution < -0.4 is 5.32 Å². The van der Waals surface area contributed by atoms with Gasteiger partial charge in [-0.15, -0.1) is 11.3 Å². The van der Waals surface area contributed by atoms with Gasteiger partial charge < -0.3 is 15.2 Å². The predicted octanol–water partition coefficient (Wildman–Crippen LogP) is 2.32. The molecule has 6 heteroatoms. The Labute approximate surface area is 114 Å². The molecule has 0 atom stereocenters. The van der Waals surface area contributed by atoms with E-state index in [1.165, 1.54) is 11.3 Å². The average molecular weight is 278 g/mol. The fraction of sp³-hybridized carbons (Fsp3) is 0.231. The summed E-state index contributed by atoms with van der Waals surface area (Å²) in [5.41, 5.74) is 2.01. The van der Waals surface area contributed by atoms with E-state index in [9.17, 15) is 4.79 Å². The molecule has 2 N–H and O–H groups in total. The predicted molar refractivity (Wildman–Crippen MR) is 74.5 cm³/mol. The maximum Gasteiger partial charge on any atom is 0.329 e. The van der Waals surface area contributed by atoms with Crippen molar-refractivity contribution in [1.29, 1.82) is 0 Å². The molecule has 0 bridgehead atoms. The Balaban J connectivity index is 1.80. The molecule has 1 aromatic carbocycles. The molecule has 0 aliphatic carbocycles. The standard InChI is InChI=1S/C13H14N2O3S/c16-12(17)8-18-7-6-14-13-15-11(9-19-13)10-4-2-1-3-5-10/h1-5,9H,6-8H2,(H,14,15)(H,16,17). The first kappa shape index (κ1) is 13.5. The molecule has 0 radical (unpaired) electrons. The number of anilines is 1. The van der Waals surface area contributed by atoms with Gasteiger partial charge in [0.15, 0.2) is 5.13 Å². The zero-order valence-corrected chi connectivity index (χ0v) is 11.0. The molecule has 0 saturated heterocycles. The van der Waals surface area contributed by atoms with Crippen LogP contribution in [0, 0.1) is 0 Å². The van der Waals surface area contributed by atoms with Crippen LogP contribution >= 0.6 is 11.3 Å². The minimum Gasteiger partial charge on any atom is -0.480 e. The molecule has 1 aromatic heterocycles. The van der Waals surface area contributed by atoms with Gasteiger partial charge in [-0.05, 0) is 0 Å². The van der Waals surface area contributed by atoms with E-state index in [0.29, 0.717) is 13.2 Å². The fourth-order valence-corrected chi connectivity index (χ4v) is 2.23. The van der Waals surface area contributed by atoms with Crippen molar-refractivity contribution in [3.63, 3.8) is 0 Å². The second kappa shape index (κ2) is 6.86. The number of rotatable bonds is 7. The lowest BCUT2D eigenvalue weighted by molar-refractivity contribution is -0.142. The van der Waals surface area contributed by atoms with E-state index >= 15 is 0 Å². The first-order valence-corrected chi connectivity index (χ1v) is 6.68. The van der Waals surface area contributed by atoms with Gasteiger partial charge in [-0.1, -0.05) is 30.3 Å². The third-order valence-corrected chi connectivity index (χ3v) is 3.12. The number of carboxylic acid groups (broad SMARTS) is 1. The minimum absolute atomic E-state index is 0.269. The molecule has 0 unspecified atom stereocenters. The van der Waals surface area contributed by atoms with E-state index in [1.807, 2.05) is 35.7 Å². The van der Waals surface area contributed by atoms with Crippen LogP contribution in [0.2, 0.25) is 0 Å². The highest BCUT2D eigenvalue weighted by molar-refractivity contribution is 7.14. The van der Waals surface area contributed by atoms with Crippen LogP contribution in [-0.2, 0) is 9.53 Å². The van der Waals surface area contributed by atoms with Crippen molar-refractivity contribution in [2.24, 2.45) is 0 Å². The van der Waals surface area contributed by atoms with Crippen LogP contribution in [0.4, 0.5) is 5.13 Å². The summed E-state index contributed by atoms with van der Waals surface area (Å²) in [4.78, 5) is 14.7. The average Bonchev–Trinajstić information content (AvgIpc) is 2.88. The van der Waals surface area contributed by atoms with Crippen LogP contribution in [-0.4, -0.2) is 35.8 Å². The summed E-state index contributed by atoms with van der Waals surface area (Å²) in [5, 5.41) is 14.3. The Morgan fingerprint density at radius 2 is 2.16 bits per heavy atom. The topological polar surface area (TPSA) is 71.5 Å². The number of ether oxygens (including phenoxy) is 1. The largest absolute Gasteiger partial charge is 0.480 e. The van der Waals surface area contributed by atoms with Gasteiger partial charge in [0, 0.05) is 17.5 Å². The lowest BCUT2D eigenvalue weighted by Gasteiger charge is -2.02. The summed E-state index contributed by atoms with van der Waals surface area (Å²) in [6.07, 6.45) is 0. The molecule has 0 aliphatic rings. The Kier molecular flexibility index (Phi) is 4.88. The summed E-state index contributed by atoms with van der Waals surface area (Å²) in [6.45, 7) is 0.608. The summed E-state index contributed by atoms with van der Waals surface area (Å²) in [6, 6.07) is 9.93. The molecular formula is C13H14N2O3S. The molecule has 0 spiro atoms. The Hall–Kier alpha value is -1.92. The maximum atomic E-state index is 10.2. The van der Waals surface area contributed by atoms with Gasteiger partial charge in [0.25, 0.3) is 0 Å². The van der Waals surface area contributed by atoms with E-state index in [2.05, 4.69) is 10.3 Å². The van der Waals surface area contributed by atoms with Crippen LogP contribution in [0.1, 0.15) is 0 Å². The smallest absolute Gasteiger partial charge is 0.329 e. The van der Waals surface area contributed by atoms with Gasteiger partial charge in [-0.2, -0.15) is 0 Å². The first-order chi connectivity index (χ1) is 9.25. The lowest BCUT2D eigenvalue weighted by Crippen LogP contribution is -2.13. The highest BCUT2D eigenvalue weighted by atomic mass is 32.1. The van der Waals surface area contributed by atoms with E-state index in [-0.39, 0.29) is 6.61 Å². The number of hydrogen-bond acceptors (Lipinski definition) is 5. The molecule has 0 aliphatic heterocycles. The van der Waals surface area contributed by atoms with Crippen molar-refractivity contribution in [3.8, 4) is 11.3 Å². The van der Waals surface area contributed by atoms with Crippen molar-refractivity contribution in [3.05, 3.63) is 35.7 Å². The second-order valence-electron chi connectivity index (χ2n) is 3.78. The van der Waals surface area contributed by atoms with Crippen molar-refractivity contribution >= 4 is 22.4 Å². The summed E-state index contributed by atoms with van der Waals surface area (Å²) in [5.74, 6) is -0.958. The fourth-order valence-electron chi connectivity index (χ4n) is 1.49. The van der Waals surface area contributed by atoms with Crippen molar-refractivity contribution < 1.29 is 14.6 Å². The van der Waals surface area contributed by atoms with Gasteiger partial charge >= 0.3 is 5.97 Å². The van der Waals surface area contributed by atoms with Gasteiger partial charge in [-0.3, -0.25) is 0 Å². The number of carboxylic acids is 1. The molecule has 5 nitrogen and oxygen atoms in total. The van der Waals surface area contributed by atoms with E-state index in [0.717, 1.165) is 16.4 Å². The number of aromatic nitrogens is 1. The van der Waals surface area contributed by atoms with Crippen LogP contribution in [0.25, 0.3) is 11.3 Å². The molecule has 2 aromatic rings. The Bertz CT molecular complexity index is 528. The second-order valence-corrected chi connectivity index (χ2v) is 4.64. The monoisotopic (exact) mass is 278 g/mol. The lowest BCUT2D eigenvalue weighted by atomic mass is 10.2. The first-order valence-electron chi connectivity index (χ1n) is 5.80. The van der Waals surface area contributed by atoms with Gasteiger partial charge in [0.05, 0.1) is 12.3 Å². The van der Waals surface area contributed by atoms with Gasteiger partial charge in [0.2, 0.25) is 0 Å². The number of nitrogens with zero attached hydrogens (tertiary/aromatic N) is 1.